The zero-order valence-corrected chi connectivity index (χ0v) is 11.4. The van der Waals surface area contributed by atoms with Gasteiger partial charge >= 0.3 is 0 Å². The number of carbonyl (C=O) groups is 1. The fourth-order valence-corrected chi connectivity index (χ4v) is 2.80. The molecule has 0 aromatic rings. The Balaban J connectivity index is 2.57. The molecule has 3 N–H and O–H groups in total. The summed E-state index contributed by atoms with van der Waals surface area (Å²) in [5, 5.41) is 0. The van der Waals surface area contributed by atoms with Crippen molar-refractivity contribution in [3.8, 4) is 0 Å². The van der Waals surface area contributed by atoms with E-state index in [1.807, 2.05) is 13.8 Å². The number of hydrogen-bond acceptors (Lipinski definition) is 3. The lowest BCUT2D eigenvalue weighted by Gasteiger charge is -2.34. The first-order chi connectivity index (χ1) is 7.93. The van der Waals surface area contributed by atoms with Gasteiger partial charge in [-0.05, 0) is 37.0 Å². The zero-order valence-electron chi connectivity index (χ0n) is 11.4. The fraction of sp³-hybridized carbons (Fsp3) is 0.923. The third kappa shape index (κ3) is 4.28. The molecule has 0 aromatic heterocycles. The van der Waals surface area contributed by atoms with E-state index in [2.05, 4.69) is 19.3 Å². The number of amides is 1. The van der Waals surface area contributed by atoms with Gasteiger partial charge in [0.1, 0.15) is 6.10 Å². The topological polar surface area (TPSA) is 64.3 Å². The normalized spacial score (nSPS) is 31.3. The van der Waals surface area contributed by atoms with Crippen molar-refractivity contribution in [1.29, 1.82) is 0 Å². The van der Waals surface area contributed by atoms with Gasteiger partial charge in [0.2, 0.25) is 0 Å². The summed E-state index contributed by atoms with van der Waals surface area (Å²) in [7, 11) is 0. The van der Waals surface area contributed by atoms with E-state index in [0.717, 1.165) is 12.8 Å². The van der Waals surface area contributed by atoms with Gasteiger partial charge in [-0.25, -0.2) is 5.84 Å². The number of ether oxygens (including phenoxy) is 1. The summed E-state index contributed by atoms with van der Waals surface area (Å²) >= 11 is 0. The lowest BCUT2D eigenvalue weighted by molar-refractivity contribution is -0.143. The average Bonchev–Trinajstić information content (AvgIpc) is 2.23. The van der Waals surface area contributed by atoms with Crippen LogP contribution in [-0.4, -0.2) is 18.1 Å². The Morgan fingerprint density at radius 3 is 2.18 bits per heavy atom. The van der Waals surface area contributed by atoms with E-state index in [-0.39, 0.29) is 17.9 Å². The molecule has 0 radical (unpaired) electrons. The number of carbonyl (C=O) groups excluding carboxylic acids is 1. The predicted molar refractivity (Wildman–Crippen MR) is 68.0 cm³/mol. The van der Waals surface area contributed by atoms with E-state index in [4.69, 9.17) is 10.6 Å². The van der Waals surface area contributed by atoms with Gasteiger partial charge in [0, 0.05) is 0 Å². The molecule has 1 saturated carbocycles. The van der Waals surface area contributed by atoms with Crippen LogP contribution in [0.2, 0.25) is 0 Å². The van der Waals surface area contributed by atoms with Crippen molar-refractivity contribution in [2.45, 2.75) is 59.2 Å². The van der Waals surface area contributed by atoms with Crippen LogP contribution in [0.5, 0.6) is 0 Å². The molecule has 0 bridgehead atoms. The van der Waals surface area contributed by atoms with Crippen molar-refractivity contribution in [2.75, 3.05) is 0 Å². The van der Waals surface area contributed by atoms with Gasteiger partial charge in [0.05, 0.1) is 6.10 Å². The summed E-state index contributed by atoms with van der Waals surface area (Å²) in [5.41, 5.74) is 2.19. The second-order valence-corrected chi connectivity index (χ2v) is 5.85. The number of rotatable bonds is 4. The standard InChI is InChI=1S/C13H26N2O2/c1-8(2)12(13(16)15-14)17-11-6-9(3)5-10(4)7-11/h8-12H,5-7,14H2,1-4H3,(H,15,16). The molecule has 0 aromatic carbocycles. The highest BCUT2D eigenvalue weighted by Crippen LogP contribution is 2.31. The summed E-state index contributed by atoms with van der Waals surface area (Å²) in [5.74, 6) is 6.48. The number of hydrazine groups is 1. The number of hydrogen-bond donors (Lipinski definition) is 2. The molecular weight excluding hydrogens is 216 g/mol. The van der Waals surface area contributed by atoms with Gasteiger partial charge < -0.3 is 4.74 Å². The lowest BCUT2D eigenvalue weighted by atomic mass is 9.81. The van der Waals surface area contributed by atoms with Crippen molar-refractivity contribution in [3.63, 3.8) is 0 Å². The van der Waals surface area contributed by atoms with E-state index in [0.29, 0.717) is 11.8 Å². The fourth-order valence-electron chi connectivity index (χ4n) is 2.80. The molecule has 3 atom stereocenters. The molecule has 4 heteroatoms. The molecule has 100 valence electrons. The number of nitrogens with two attached hydrogens (primary N) is 1. The summed E-state index contributed by atoms with van der Waals surface area (Å²) in [6, 6.07) is 0. The molecule has 1 aliphatic rings. The largest absolute Gasteiger partial charge is 0.365 e. The minimum absolute atomic E-state index is 0.145. The Bertz CT molecular complexity index is 246. The Morgan fingerprint density at radius 2 is 1.76 bits per heavy atom. The second-order valence-electron chi connectivity index (χ2n) is 5.85. The van der Waals surface area contributed by atoms with Crippen molar-refractivity contribution < 1.29 is 9.53 Å². The predicted octanol–water partition coefficient (Wildman–Crippen LogP) is 1.84. The molecule has 1 fully saturated rings. The Labute approximate surface area is 104 Å². The SMILES string of the molecule is CC1CC(C)CC(OC(C(=O)NN)C(C)C)C1. The molecule has 0 aliphatic heterocycles. The second kappa shape index (κ2) is 6.36. The summed E-state index contributed by atoms with van der Waals surface area (Å²) < 4.78 is 5.95. The Hall–Kier alpha value is -0.610. The lowest BCUT2D eigenvalue weighted by Crippen LogP contribution is -2.45. The van der Waals surface area contributed by atoms with Crippen molar-refractivity contribution in [2.24, 2.45) is 23.6 Å². The van der Waals surface area contributed by atoms with E-state index >= 15 is 0 Å². The van der Waals surface area contributed by atoms with Crippen molar-refractivity contribution in [1.82, 2.24) is 5.43 Å². The minimum Gasteiger partial charge on any atom is -0.365 e. The van der Waals surface area contributed by atoms with Crippen LogP contribution < -0.4 is 11.3 Å². The first-order valence-electron chi connectivity index (χ1n) is 6.60. The molecule has 0 spiro atoms. The highest BCUT2D eigenvalue weighted by molar-refractivity contribution is 5.80. The molecule has 1 aliphatic carbocycles. The van der Waals surface area contributed by atoms with Gasteiger partial charge in [-0.3, -0.25) is 10.2 Å². The average molecular weight is 242 g/mol. The van der Waals surface area contributed by atoms with E-state index < -0.39 is 6.10 Å². The Morgan fingerprint density at radius 1 is 1.24 bits per heavy atom. The molecular formula is C13H26N2O2. The summed E-state index contributed by atoms with van der Waals surface area (Å²) in [6.45, 7) is 8.46. The van der Waals surface area contributed by atoms with Gasteiger partial charge in [-0.2, -0.15) is 0 Å². The van der Waals surface area contributed by atoms with E-state index in [9.17, 15) is 4.79 Å². The van der Waals surface area contributed by atoms with Crippen LogP contribution in [0.15, 0.2) is 0 Å². The van der Waals surface area contributed by atoms with Gasteiger partial charge in [0.25, 0.3) is 5.91 Å². The maximum Gasteiger partial charge on any atom is 0.263 e. The minimum atomic E-state index is -0.428. The zero-order chi connectivity index (χ0) is 13.0. The van der Waals surface area contributed by atoms with Crippen LogP contribution in [-0.2, 0) is 9.53 Å². The molecule has 1 amide bonds. The van der Waals surface area contributed by atoms with Crippen LogP contribution in [0.1, 0.15) is 47.0 Å². The Kier molecular flexibility index (Phi) is 5.40. The van der Waals surface area contributed by atoms with Gasteiger partial charge in [-0.1, -0.05) is 27.7 Å². The first kappa shape index (κ1) is 14.5. The van der Waals surface area contributed by atoms with E-state index in [1.54, 1.807) is 0 Å². The maximum absolute atomic E-state index is 11.6. The molecule has 0 heterocycles. The third-order valence-corrected chi connectivity index (χ3v) is 3.48. The maximum atomic E-state index is 11.6. The molecule has 0 saturated heterocycles. The highest BCUT2D eigenvalue weighted by Gasteiger charge is 2.30. The molecule has 4 nitrogen and oxygen atoms in total. The van der Waals surface area contributed by atoms with Crippen molar-refractivity contribution >= 4 is 5.91 Å². The monoisotopic (exact) mass is 242 g/mol. The molecule has 17 heavy (non-hydrogen) atoms. The smallest absolute Gasteiger partial charge is 0.263 e. The molecule has 1 rings (SSSR count). The number of nitrogens with one attached hydrogen (secondary N) is 1. The molecule has 3 unspecified atom stereocenters. The van der Waals surface area contributed by atoms with Crippen LogP contribution in [0.3, 0.4) is 0 Å². The van der Waals surface area contributed by atoms with Crippen molar-refractivity contribution in [3.05, 3.63) is 0 Å². The van der Waals surface area contributed by atoms with Crippen LogP contribution in [0.4, 0.5) is 0 Å². The summed E-state index contributed by atoms with van der Waals surface area (Å²) in [4.78, 5) is 11.6. The quantitative estimate of drug-likeness (QED) is 0.449. The van der Waals surface area contributed by atoms with Gasteiger partial charge in [-0.15, -0.1) is 0 Å². The highest BCUT2D eigenvalue weighted by atomic mass is 16.5. The van der Waals surface area contributed by atoms with Crippen LogP contribution >= 0.6 is 0 Å². The van der Waals surface area contributed by atoms with Crippen LogP contribution in [0, 0.1) is 17.8 Å². The third-order valence-electron chi connectivity index (χ3n) is 3.48. The first-order valence-corrected chi connectivity index (χ1v) is 6.60. The van der Waals surface area contributed by atoms with E-state index in [1.165, 1.54) is 6.42 Å². The summed E-state index contributed by atoms with van der Waals surface area (Å²) in [6.07, 6.45) is 3.12. The van der Waals surface area contributed by atoms with Gasteiger partial charge in [0.15, 0.2) is 0 Å². The van der Waals surface area contributed by atoms with Crippen LogP contribution in [0.25, 0.3) is 0 Å².